The molecule has 26 heavy (non-hydrogen) atoms. The summed E-state index contributed by atoms with van der Waals surface area (Å²) >= 11 is 5.41. The Morgan fingerprint density at radius 3 is 2.58 bits per heavy atom. The van der Waals surface area contributed by atoms with E-state index in [9.17, 15) is 4.79 Å². The molecule has 2 aromatic carbocycles. The number of rotatable bonds is 3. The SMILES string of the molecule is COc1cccc([C@H]2NC(=S)NC3=C2C(=O)C[C@@H](c2ccccc2)C3)c1. The Balaban J connectivity index is 1.72. The number of methoxy groups -OCH3 is 1. The zero-order chi connectivity index (χ0) is 18.1. The maximum absolute atomic E-state index is 13.0. The van der Waals surface area contributed by atoms with Gasteiger partial charge in [0.1, 0.15) is 5.75 Å². The molecule has 0 saturated carbocycles. The van der Waals surface area contributed by atoms with E-state index in [0.29, 0.717) is 11.5 Å². The van der Waals surface area contributed by atoms with Crippen LogP contribution < -0.4 is 15.4 Å². The second-order valence-corrected chi connectivity index (χ2v) is 7.05. The Morgan fingerprint density at radius 1 is 1.04 bits per heavy atom. The molecule has 2 atom stereocenters. The summed E-state index contributed by atoms with van der Waals surface area (Å²) in [5.41, 5.74) is 3.90. The summed E-state index contributed by atoms with van der Waals surface area (Å²) in [7, 11) is 1.64. The van der Waals surface area contributed by atoms with Crippen molar-refractivity contribution in [2.75, 3.05) is 7.11 Å². The molecule has 0 saturated heterocycles. The number of carbonyl (C=O) groups excluding carboxylic acids is 1. The fourth-order valence-electron chi connectivity index (χ4n) is 3.79. The molecule has 2 N–H and O–H groups in total. The Kier molecular flexibility index (Phi) is 4.47. The highest BCUT2D eigenvalue weighted by Gasteiger charge is 2.37. The third-order valence-corrected chi connectivity index (χ3v) is 5.25. The molecule has 0 unspecified atom stereocenters. The number of carbonyl (C=O) groups is 1. The third kappa shape index (κ3) is 3.10. The number of nitrogens with one attached hydrogen (secondary N) is 2. The van der Waals surface area contributed by atoms with Crippen molar-refractivity contribution in [3.8, 4) is 5.75 Å². The number of Topliss-reactive ketones (excluding diaryl/α,β-unsaturated/α-hetero) is 1. The Hall–Kier alpha value is -2.66. The number of allylic oxidation sites excluding steroid dienone is 1. The first-order chi connectivity index (χ1) is 12.7. The molecule has 0 amide bonds. The lowest BCUT2D eigenvalue weighted by atomic mass is 9.78. The molecular formula is C21H20N2O2S. The molecule has 132 valence electrons. The van der Waals surface area contributed by atoms with Crippen molar-refractivity contribution in [3.05, 3.63) is 77.0 Å². The monoisotopic (exact) mass is 364 g/mol. The van der Waals surface area contributed by atoms with Crippen LogP contribution in [0.2, 0.25) is 0 Å². The van der Waals surface area contributed by atoms with Gasteiger partial charge in [-0.15, -0.1) is 0 Å². The van der Waals surface area contributed by atoms with Crippen LogP contribution in [0.4, 0.5) is 0 Å². The van der Waals surface area contributed by atoms with Crippen LogP contribution in [0.3, 0.4) is 0 Å². The smallest absolute Gasteiger partial charge is 0.171 e. The summed E-state index contributed by atoms with van der Waals surface area (Å²) in [6, 6.07) is 17.7. The second-order valence-electron chi connectivity index (χ2n) is 6.64. The molecule has 2 aliphatic rings. The first kappa shape index (κ1) is 16.8. The number of benzene rings is 2. The largest absolute Gasteiger partial charge is 0.497 e. The molecule has 0 bridgehead atoms. The maximum atomic E-state index is 13.0. The molecule has 4 rings (SSSR count). The quantitative estimate of drug-likeness (QED) is 0.815. The number of ketones is 1. The number of hydrogen-bond donors (Lipinski definition) is 2. The Labute approximate surface area is 158 Å². The van der Waals surface area contributed by atoms with Gasteiger partial charge in [-0.3, -0.25) is 4.79 Å². The van der Waals surface area contributed by atoms with Crippen LogP contribution in [0.1, 0.15) is 35.9 Å². The van der Waals surface area contributed by atoms with Crippen LogP contribution in [-0.4, -0.2) is 18.0 Å². The van der Waals surface area contributed by atoms with Crippen LogP contribution in [0.15, 0.2) is 65.9 Å². The van der Waals surface area contributed by atoms with Crippen molar-refractivity contribution >= 4 is 23.1 Å². The van der Waals surface area contributed by atoms with Crippen molar-refractivity contribution in [3.63, 3.8) is 0 Å². The highest BCUT2D eigenvalue weighted by Crippen LogP contribution is 2.40. The number of hydrogen-bond acceptors (Lipinski definition) is 3. The normalized spacial score (nSPS) is 22.3. The van der Waals surface area contributed by atoms with E-state index in [2.05, 4.69) is 22.8 Å². The van der Waals surface area contributed by atoms with E-state index in [4.69, 9.17) is 17.0 Å². The van der Waals surface area contributed by atoms with Crippen LogP contribution in [0, 0.1) is 0 Å². The predicted octanol–water partition coefficient (Wildman–Crippen LogP) is 3.61. The average Bonchev–Trinajstić information content (AvgIpc) is 2.67. The van der Waals surface area contributed by atoms with Crippen molar-refractivity contribution in [1.29, 1.82) is 0 Å². The fourth-order valence-corrected chi connectivity index (χ4v) is 4.03. The van der Waals surface area contributed by atoms with Crippen molar-refractivity contribution in [1.82, 2.24) is 10.6 Å². The van der Waals surface area contributed by atoms with E-state index >= 15 is 0 Å². The molecule has 1 aliphatic carbocycles. The molecular weight excluding hydrogens is 344 g/mol. The first-order valence-electron chi connectivity index (χ1n) is 8.68. The number of thiocarbonyl (C=S) groups is 1. The summed E-state index contributed by atoms with van der Waals surface area (Å²) in [6.07, 6.45) is 1.30. The minimum atomic E-state index is -0.238. The molecule has 2 aromatic rings. The summed E-state index contributed by atoms with van der Waals surface area (Å²) in [6.45, 7) is 0. The van der Waals surface area contributed by atoms with Crippen molar-refractivity contribution < 1.29 is 9.53 Å². The van der Waals surface area contributed by atoms with E-state index in [-0.39, 0.29) is 17.7 Å². The van der Waals surface area contributed by atoms with Gasteiger partial charge in [-0.2, -0.15) is 0 Å². The molecule has 1 aliphatic heterocycles. The standard InChI is InChI=1S/C21H20N2O2S/c1-25-16-9-5-8-14(10-16)20-19-17(22-21(26)23-20)11-15(12-18(19)24)13-6-3-2-4-7-13/h2-10,15,20H,11-12H2,1H3,(H2,22,23,26)/t15-,20+/m0/s1. The van der Waals surface area contributed by atoms with Gasteiger partial charge in [0.15, 0.2) is 10.9 Å². The van der Waals surface area contributed by atoms with Gasteiger partial charge in [0.25, 0.3) is 0 Å². The highest BCUT2D eigenvalue weighted by molar-refractivity contribution is 7.80. The zero-order valence-corrected chi connectivity index (χ0v) is 15.3. The van der Waals surface area contributed by atoms with Gasteiger partial charge < -0.3 is 15.4 Å². The van der Waals surface area contributed by atoms with Gasteiger partial charge >= 0.3 is 0 Å². The summed E-state index contributed by atoms with van der Waals surface area (Å²) < 4.78 is 5.33. The molecule has 0 aromatic heterocycles. The minimum absolute atomic E-state index is 0.162. The van der Waals surface area contributed by atoms with E-state index in [1.165, 1.54) is 5.56 Å². The van der Waals surface area contributed by atoms with Gasteiger partial charge in [-0.1, -0.05) is 42.5 Å². The van der Waals surface area contributed by atoms with Gasteiger partial charge in [0, 0.05) is 17.7 Å². The topological polar surface area (TPSA) is 50.4 Å². The Bertz CT molecular complexity index is 892. The lowest BCUT2D eigenvalue weighted by Gasteiger charge is -2.36. The minimum Gasteiger partial charge on any atom is -0.497 e. The van der Waals surface area contributed by atoms with E-state index in [0.717, 1.165) is 29.0 Å². The molecule has 5 heteroatoms. The fraction of sp³-hybridized carbons (Fsp3) is 0.238. The van der Waals surface area contributed by atoms with Gasteiger partial charge in [0.05, 0.1) is 13.2 Å². The van der Waals surface area contributed by atoms with Gasteiger partial charge in [0.2, 0.25) is 0 Å². The highest BCUT2D eigenvalue weighted by atomic mass is 32.1. The summed E-state index contributed by atoms with van der Waals surface area (Å²) in [5.74, 6) is 1.11. The van der Waals surface area contributed by atoms with E-state index < -0.39 is 0 Å². The number of ether oxygens (including phenoxy) is 1. The lowest BCUT2D eigenvalue weighted by Crippen LogP contribution is -2.47. The third-order valence-electron chi connectivity index (χ3n) is 5.03. The van der Waals surface area contributed by atoms with Crippen LogP contribution in [-0.2, 0) is 4.79 Å². The molecule has 4 nitrogen and oxygen atoms in total. The second kappa shape index (κ2) is 6.92. The van der Waals surface area contributed by atoms with Crippen LogP contribution in [0.25, 0.3) is 0 Å². The first-order valence-corrected chi connectivity index (χ1v) is 9.09. The molecule has 0 radical (unpaired) electrons. The summed E-state index contributed by atoms with van der Waals surface area (Å²) in [4.78, 5) is 13.0. The van der Waals surface area contributed by atoms with Crippen molar-refractivity contribution in [2.24, 2.45) is 0 Å². The van der Waals surface area contributed by atoms with Gasteiger partial charge in [-0.05, 0) is 47.8 Å². The van der Waals surface area contributed by atoms with Crippen LogP contribution in [0.5, 0.6) is 5.75 Å². The Morgan fingerprint density at radius 2 is 1.81 bits per heavy atom. The zero-order valence-electron chi connectivity index (χ0n) is 14.5. The maximum Gasteiger partial charge on any atom is 0.171 e. The molecule has 0 spiro atoms. The van der Waals surface area contributed by atoms with E-state index in [1.807, 2.05) is 42.5 Å². The van der Waals surface area contributed by atoms with E-state index in [1.54, 1.807) is 7.11 Å². The molecule has 1 heterocycles. The average molecular weight is 364 g/mol. The molecule has 0 fully saturated rings. The van der Waals surface area contributed by atoms with Gasteiger partial charge in [-0.25, -0.2) is 0 Å². The summed E-state index contributed by atoms with van der Waals surface area (Å²) in [5, 5.41) is 7.03. The van der Waals surface area contributed by atoms with Crippen molar-refractivity contribution in [2.45, 2.75) is 24.8 Å². The lowest BCUT2D eigenvalue weighted by molar-refractivity contribution is -0.116. The van der Waals surface area contributed by atoms with Crippen LogP contribution >= 0.6 is 12.2 Å². The predicted molar refractivity (Wildman–Crippen MR) is 105 cm³/mol.